The van der Waals surface area contributed by atoms with Gasteiger partial charge >= 0.3 is 0 Å². The molecule has 6 amide bonds. The minimum absolute atomic E-state index is 0.0156. The molecular formula is C99H116N28O7S5. The van der Waals surface area contributed by atoms with Crippen molar-refractivity contribution < 1.29 is 33.5 Å². The number of aryl methyl sites for hydroxylation is 1. The summed E-state index contributed by atoms with van der Waals surface area (Å²) in [4.78, 5) is 143. The number of carbonyl (C=O) groups is 6. The third-order valence-corrected chi connectivity index (χ3v) is 29.1. The van der Waals surface area contributed by atoms with Crippen LogP contribution in [0.1, 0.15) is 186 Å². The summed E-state index contributed by atoms with van der Waals surface area (Å²) in [6, 6.07) is 27.6. The Morgan fingerprint density at radius 2 is 0.734 bits per heavy atom. The number of likely N-dealkylation sites (N-methyl/N-ethyl adjacent to an activating group) is 3. The molecular weight excluding hydrogens is 1850 g/mol. The number of aromatic nitrogens is 20. The fourth-order valence-electron chi connectivity index (χ4n) is 16.3. The molecule has 2 saturated heterocycles. The minimum Gasteiger partial charge on any atom is -0.378 e. The first kappa shape index (κ1) is 100. The lowest BCUT2D eigenvalue weighted by molar-refractivity contribution is -0.130. The van der Waals surface area contributed by atoms with Gasteiger partial charge in [0.15, 0.2) is 0 Å². The Kier molecular flexibility index (Phi) is 34.1. The molecule has 40 heteroatoms. The van der Waals surface area contributed by atoms with Gasteiger partial charge in [0.1, 0.15) is 0 Å². The molecule has 0 N–H and O–H groups in total. The number of hydrogen-bond donors (Lipinski definition) is 0. The van der Waals surface area contributed by atoms with Crippen molar-refractivity contribution in [2.45, 2.75) is 127 Å². The molecule has 15 aromatic rings. The molecule has 4 fully saturated rings. The van der Waals surface area contributed by atoms with Crippen molar-refractivity contribution in [2.75, 3.05) is 125 Å². The topological polar surface area (TPSA) is 356 Å². The van der Waals surface area contributed by atoms with Gasteiger partial charge in [0, 0.05) is 155 Å². The van der Waals surface area contributed by atoms with Crippen LogP contribution in [-0.4, -0.2) is 298 Å². The van der Waals surface area contributed by atoms with Crippen LogP contribution < -0.4 is 0 Å². The van der Waals surface area contributed by atoms with E-state index in [1.807, 2.05) is 187 Å². The molecule has 0 atom stereocenters. The van der Waals surface area contributed by atoms with Crippen LogP contribution in [0.25, 0.3) is 82.6 Å². The number of carbonyl (C=O) groups excluding carboxylic acids is 6. The Morgan fingerprint density at radius 1 is 0.374 bits per heavy atom. The summed E-state index contributed by atoms with van der Waals surface area (Å²) in [6.07, 6.45) is 21.1. The zero-order valence-corrected chi connectivity index (χ0v) is 84.7. The predicted molar refractivity (Wildman–Crippen MR) is 541 cm³/mol. The number of piperazine rings is 2. The smallest absolute Gasteiger partial charge is 0.257 e. The van der Waals surface area contributed by atoms with Crippen LogP contribution in [-0.2, 0) is 16.1 Å². The van der Waals surface area contributed by atoms with Crippen LogP contribution >= 0.6 is 56.7 Å². The highest BCUT2D eigenvalue weighted by Crippen LogP contribution is 2.45. The number of ether oxygens (including phenoxy) is 1. The Hall–Kier alpha value is -13.4. The maximum atomic E-state index is 13.3. The summed E-state index contributed by atoms with van der Waals surface area (Å²) in [5, 5.41) is 32.3. The first-order chi connectivity index (χ1) is 67.7. The third-order valence-electron chi connectivity index (χ3n) is 24.7. The molecule has 2 aliphatic heterocycles. The Balaban J connectivity index is 0.000000132. The van der Waals surface area contributed by atoms with Crippen molar-refractivity contribution in [1.82, 2.24) is 138 Å². The highest BCUT2D eigenvalue weighted by atomic mass is 32.1. The van der Waals surface area contributed by atoms with E-state index in [2.05, 4.69) is 102 Å². The van der Waals surface area contributed by atoms with E-state index in [1.165, 1.54) is 0 Å². The van der Waals surface area contributed by atoms with Gasteiger partial charge in [-0.3, -0.25) is 28.8 Å². The van der Waals surface area contributed by atoms with Gasteiger partial charge < -0.3 is 43.9 Å². The maximum absolute atomic E-state index is 13.3. The third kappa shape index (κ3) is 23.6. The molecule has 0 aromatic carbocycles. The summed E-state index contributed by atoms with van der Waals surface area (Å²) in [5.74, 6) is 3.08. The van der Waals surface area contributed by atoms with Crippen LogP contribution in [0.15, 0.2) is 174 Å². The van der Waals surface area contributed by atoms with Gasteiger partial charge in [0.05, 0.1) is 147 Å². The van der Waals surface area contributed by atoms with Crippen LogP contribution in [0, 0.1) is 20.8 Å². The van der Waals surface area contributed by atoms with Gasteiger partial charge in [-0.05, 0) is 188 Å². The van der Waals surface area contributed by atoms with Crippen LogP contribution in [0.4, 0.5) is 0 Å². The van der Waals surface area contributed by atoms with E-state index in [-0.39, 0.29) is 42.0 Å². The molecule has 0 unspecified atom stereocenters. The molecule has 2 saturated carbocycles. The second-order valence-corrected chi connectivity index (χ2v) is 37.9. The van der Waals surface area contributed by atoms with Gasteiger partial charge in [0.2, 0.25) is 5.91 Å². The highest BCUT2D eigenvalue weighted by Gasteiger charge is 2.38. The molecule has 0 spiro atoms. The standard InChI is InChI=1S/C22H30N6O2S.C21H22N6O2S.C20H23N5OS.C19H22N6OS.C17H19N5OS/c1-5-26(6-2)12-13-27(7-3)21(29)17-15-24-28(19(17)16-30-4)22-23-11-10-18(25-22)20-9-8-14-31-20;1-14(28)25-8-10-26(11-9-25)20(29)16-13-23-27(19(16)15-4-5-15)21-22-7-6-17(24-21)18-3-2-12-30-18;1-4-24(5-2)19(26)15-12-22-25(18(15)14-8-9-14)20-21-11-13(3)17(23-20)16-7-6-10-27-16;1-3-23-8-10-24(11-9-23)18(26)15-13-21-25(14(15)2)19-20-7-6-16(22-19)17-5-4-12-27-17;1-4-21(5-2)16(23)13-11-19-22(12(13)3)17-18-9-8-14(20-17)15-7-6-10-24-15/h8-11,14-15H,5-7,12-13,16H2,1-4H3;2-3,6-7,12-13,15H,4-5,8-11H2,1H3;6-7,10-12,14H,4-5,8-9H2,1-3H3;4-7,12-13H,3,8-11H2,1-2H3;6-11H,4-5H2,1-3H3. The summed E-state index contributed by atoms with van der Waals surface area (Å²) in [7, 11) is 1.60. The number of hydrogen-bond acceptors (Lipinski definition) is 29. The second-order valence-electron chi connectivity index (χ2n) is 33.2. The summed E-state index contributed by atoms with van der Waals surface area (Å²) in [6.45, 7) is 37.3. The lowest BCUT2D eigenvalue weighted by Crippen LogP contribution is -2.50. The normalized spacial score (nSPS) is 13.6. The minimum atomic E-state index is -0.0534. The summed E-state index contributed by atoms with van der Waals surface area (Å²) >= 11 is 8.15. The average Bonchev–Trinajstić information content (AvgIpc) is 1.60. The van der Waals surface area contributed by atoms with E-state index < -0.39 is 0 Å². The van der Waals surface area contributed by atoms with Crippen LogP contribution in [0.2, 0.25) is 0 Å². The number of rotatable bonds is 30. The molecule has 0 radical (unpaired) electrons. The fourth-order valence-corrected chi connectivity index (χ4v) is 19.9. The van der Waals surface area contributed by atoms with Gasteiger partial charge in [-0.25, -0.2) is 68.6 Å². The summed E-state index contributed by atoms with van der Waals surface area (Å²) < 4.78 is 13.8. The van der Waals surface area contributed by atoms with Crippen molar-refractivity contribution in [1.29, 1.82) is 0 Å². The molecule has 35 nitrogen and oxygen atoms in total. The highest BCUT2D eigenvalue weighted by molar-refractivity contribution is 7.14. The number of amides is 6. The maximum Gasteiger partial charge on any atom is 0.257 e. The lowest BCUT2D eigenvalue weighted by atomic mass is 10.1. The van der Waals surface area contributed by atoms with Gasteiger partial charge in [-0.1, -0.05) is 51.1 Å². The van der Waals surface area contributed by atoms with Crippen LogP contribution in [0.5, 0.6) is 0 Å². The molecule has 724 valence electrons. The van der Waals surface area contributed by atoms with Gasteiger partial charge in [0.25, 0.3) is 59.3 Å². The molecule has 0 bridgehead atoms. The van der Waals surface area contributed by atoms with E-state index in [0.717, 1.165) is 159 Å². The first-order valence-corrected chi connectivity index (χ1v) is 51.4. The summed E-state index contributed by atoms with van der Waals surface area (Å²) in [5.41, 5.74) is 12.4. The first-order valence-electron chi connectivity index (χ1n) is 47.0. The van der Waals surface area contributed by atoms with E-state index in [1.54, 1.807) is 160 Å². The van der Waals surface area contributed by atoms with Crippen molar-refractivity contribution in [3.8, 4) is 82.6 Å². The van der Waals surface area contributed by atoms with E-state index >= 15 is 0 Å². The zero-order valence-electron chi connectivity index (χ0n) is 80.6. The predicted octanol–water partition coefficient (Wildman–Crippen LogP) is 15.6. The molecule has 139 heavy (non-hydrogen) atoms. The molecule has 2 aliphatic carbocycles. The monoisotopic (exact) mass is 1970 g/mol. The SMILES string of the molecule is CC(=O)N1CCN(C(=O)c2cnn(-c3nccc(-c4cccs4)n3)c2C2CC2)CC1.CCN(CC)C(=O)c1cnn(-c2ncc(C)c(-c3cccs3)n2)c1C1CC1.CCN(CC)C(=O)c1cnn(-c2nccc(-c3cccs3)n2)c1C.CCN(CC)CCN(CC)C(=O)c1cnn(-c2nccc(-c3cccs3)n2)c1COC.CCN1CCN(C(=O)c2cnn(-c3nccc(-c4cccs4)n3)c2C)CC1. The Bertz CT molecular complexity index is 6590. The van der Waals surface area contributed by atoms with Crippen molar-refractivity contribution in [2.24, 2.45) is 0 Å². The van der Waals surface area contributed by atoms with Crippen molar-refractivity contribution >= 4 is 92.1 Å². The van der Waals surface area contributed by atoms with Crippen LogP contribution in [0.3, 0.4) is 0 Å². The lowest BCUT2D eigenvalue weighted by Gasteiger charge is -2.34. The van der Waals surface area contributed by atoms with E-state index in [0.29, 0.717) is 141 Å². The number of thiophene rings is 5. The molecule has 4 aliphatic rings. The molecule has 17 heterocycles. The van der Waals surface area contributed by atoms with Gasteiger partial charge in [-0.2, -0.15) is 30.2 Å². The molecule has 15 aromatic heterocycles. The number of nitrogens with zero attached hydrogens (tertiary/aromatic N) is 28. The largest absolute Gasteiger partial charge is 0.378 e. The van der Waals surface area contributed by atoms with Gasteiger partial charge in [-0.15, -0.1) is 56.7 Å². The zero-order chi connectivity index (χ0) is 97.8. The van der Waals surface area contributed by atoms with E-state index in [4.69, 9.17) is 14.7 Å². The molecule has 19 rings (SSSR count). The fraction of sp³-hybridized carbons (Fsp3) is 0.384. The Labute approximate surface area is 828 Å². The second kappa shape index (κ2) is 47.3. The van der Waals surface area contributed by atoms with Crippen molar-refractivity contribution in [3.63, 3.8) is 0 Å². The van der Waals surface area contributed by atoms with E-state index in [9.17, 15) is 28.8 Å². The quantitative estimate of drug-likeness (QED) is 0.0403. The Morgan fingerprint density at radius 3 is 1.16 bits per heavy atom. The average molecular weight is 1970 g/mol. The van der Waals surface area contributed by atoms with Crippen molar-refractivity contribution in [3.05, 3.63) is 236 Å². The number of methoxy groups -OCH3 is 1.